The van der Waals surface area contributed by atoms with E-state index in [0.717, 1.165) is 31.5 Å². The molecule has 114 valence electrons. The fourth-order valence-corrected chi connectivity index (χ4v) is 2.68. The molecule has 0 bridgehead atoms. The summed E-state index contributed by atoms with van der Waals surface area (Å²) in [5.41, 5.74) is 1.83. The summed E-state index contributed by atoms with van der Waals surface area (Å²) in [7, 11) is 1.96. The van der Waals surface area contributed by atoms with Crippen LogP contribution < -0.4 is 5.32 Å². The highest BCUT2D eigenvalue weighted by Crippen LogP contribution is 2.13. The van der Waals surface area contributed by atoms with Gasteiger partial charge in [0.05, 0.1) is 0 Å². The van der Waals surface area contributed by atoms with Crippen molar-refractivity contribution in [2.24, 2.45) is 0 Å². The number of hydrogen-bond acceptors (Lipinski definition) is 3. The minimum atomic E-state index is 0.0495. The fourth-order valence-electron chi connectivity index (χ4n) is 2.68. The number of aryl methyl sites for hydroxylation is 1. The van der Waals surface area contributed by atoms with E-state index in [1.54, 1.807) is 0 Å². The lowest BCUT2D eigenvalue weighted by Gasteiger charge is -2.31. The number of hydrogen-bond donors (Lipinski definition) is 1. The molecule has 1 heterocycles. The average Bonchev–Trinajstić information content (AvgIpc) is 2.53. The molecular formula is C17H24N2O2. The third-order valence-electron chi connectivity index (χ3n) is 4.20. The Bertz CT molecular complexity index is 488. The van der Waals surface area contributed by atoms with Gasteiger partial charge >= 0.3 is 0 Å². The van der Waals surface area contributed by atoms with Gasteiger partial charge in [-0.15, -0.1) is 0 Å². The van der Waals surface area contributed by atoms with Crippen molar-refractivity contribution >= 4 is 11.7 Å². The van der Waals surface area contributed by atoms with E-state index in [1.165, 1.54) is 0 Å². The van der Waals surface area contributed by atoms with Crippen molar-refractivity contribution in [1.82, 2.24) is 10.2 Å². The maximum absolute atomic E-state index is 12.1. The van der Waals surface area contributed by atoms with Crippen molar-refractivity contribution < 1.29 is 9.59 Å². The molecule has 1 aromatic rings. The predicted octanol–water partition coefficient (Wildman–Crippen LogP) is 2.17. The lowest BCUT2D eigenvalue weighted by Crippen LogP contribution is -2.44. The topological polar surface area (TPSA) is 49.4 Å². The molecule has 0 radical (unpaired) electrons. The number of likely N-dealkylation sites (tertiary alicyclic amines) is 1. The Kier molecular flexibility index (Phi) is 5.51. The summed E-state index contributed by atoms with van der Waals surface area (Å²) < 4.78 is 0. The first-order valence-electron chi connectivity index (χ1n) is 7.65. The molecule has 0 atom stereocenters. The SMILES string of the molecule is CNC1CCN(C(=O)CCC(=O)c2ccc(C)cc2)CC1. The van der Waals surface area contributed by atoms with E-state index >= 15 is 0 Å². The number of nitrogens with zero attached hydrogens (tertiary/aromatic N) is 1. The van der Waals surface area contributed by atoms with Crippen LogP contribution in [-0.2, 0) is 4.79 Å². The van der Waals surface area contributed by atoms with Gasteiger partial charge in [-0.2, -0.15) is 0 Å². The normalized spacial score (nSPS) is 16.0. The third kappa shape index (κ3) is 4.39. The van der Waals surface area contributed by atoms with Crippen LogP contribution in [-0.4, -0.2) is 42.8 Å². The molecule has 1 amide bonds. The second kappa shape index (κ2) is 7.36. The Hall–Kier alpha value is -1.68. The minimum Gasteiger partial charge on any atom is -0.343 e. The Balaban J connectivity index is 1.78. The van der Waals surface area contributed by atoms with Crippen molar-refractivity contribution in [1.29, 1.82) is 0 Å². The highest BCUT2D eigenvalue weighted by Gasteiger charge is 2.22. The molecular weight excluding hydrogens is 264 g/mol. The van der Waals surface area contributed by atoms with Crippen LogP contribution in [0, 0.1) is 6.92 Å². The molecule has 21 heavy (non-hydrogen) atoms. The van der Waals surface area contributed by atoms with Crippen molar-refractivity contribution in [3.63, 3.8) is 0 Å². The first-order chi connectivity index (χ1) is 10.1. The molecule has 0 aliphatic carbocycles. The maximum atomic E-state index is 12.1. The largest absolute Gasteiger partial charge is 0.343 e. The van der Waals surface area contributed by atoms with E-state index in [4.69, 9.17) is 0 Å². The Morgan fingerprint density at radius 1 is 1.14 bits per heavy atom. The average molecular weight is 288 g/mol. The van der Waals surface area contributed by atoms with Crippen molar-refractivity contribution in [3.05, 3.63) is 35.4 Å². The molecule has 1 aliphatic rings. The van der Waals surface area contributed by atoms with Gasteiger partial charge in [0.2, 0.25) is 5.91 Å². The highest BCUT2D eigenvalue weighted by atomic mass is 16.2. The van der Waals surface area contributed by atoms with Gasteiger partial charge in [-0.1, -0.05) is 29.8 Å². The number of carbonyl (C=O) groups excluding carboxylic acids is 2. The summed E-state index contributed by atoms with van der Waals surface area (Å²) in [5.74, 6) is 0.151. The third-order valence-corrected chi connectivity index (χ3v) is 4.20. The summed E-state index contributed by atoms with van der Waals surface area (Å²) in [6, 6.07) is 8.04. The van der Waals surface area contributed by atoms with Gasteiger partial charge in [0.25, 0.3) is 0 Å². The van der Waals surface area contributed by atoms with Crippen LogP contribution in [0.15, 0.2) is 24.3 Å². The number of piperidine rings is 1. The zero-order valence-corrected chi connectivity index (χ0v) is 12.9. The summed E-state index contributed by atoms with van der Waals surface area (Å²) in [6.45, 7) is 3.58. The van der Waals surface area contributed by atoms with Gasteiger partial charge < -0.3 is 10.2 Å². The fraction of sp³-hybridized carbons (Fsp3) is 0.529. The molecule has 1 fully saturated rings. The van der Waals surface area contributed by atoms with Crippen LogP contribution >= 0.6 is 0 Å². The van der Waals surface area contributed by atoms with Crippen molar-refractivity contribution in [2.75, 3.05) is 20.1 Å². The molecule has 4 nitrogen and oxygen atoms in total. The summed E-state index contributed by atoms with van der Waals surface area (Å²) in [6.07, 6.45) is 2.60. The molecule has 1 aliphatic heterocycles. The van der Waals surface area contributed by atoms with Gasteiger partial charge in [0.1, 0.15) is 0 Å². The second-order valence-electron chi connectivity index (χ2n) is 5.73. The number of ketones is 1. The van der Waals surface area contributed by atoms with Crippen LogP contribution in [0.5, 0.6) is 0 Å². The Labute approximate surface area is 126 Å². The first-order valence-corrected chi connectivity index (χ1v) is 7.65. The van der Waals surface area contributed by atoms with E-state index in [2.05, 4.69) is 5.32 Å². The lowest BCUT2D eigenvalue weighted by atomic mass is 10.0. The monoisotopic (exact) mass is 288 g/mol. The van der Waals surface area contributed by atoms with E-state index < -0.39 is 0 Å². The first kappa shape index (κ1) is 15.7. The molecule has 0 unspecified atom stereocenters. The van der Waals surface area contributed by atoms with Crippen LogP contribution in [0.2, 0.25) is 0 Å². The Morgan fingerprint density at radius 3 is 2.33 bits per heavy atom. The number of nitrogens with one attached hydrogen (secondary N) is 1. The van der Waals surface area contributed by atoms with Gasteiger partial charge in [0, 0.05) is 37.5 Å². The number of rotatable bonds is 5. The lowest BCUT2D eigenvalue weighted by molar-refractivity contribution is -0.132. The number of amides is 1. The molecule has 0 spiro atoms. The van der Waals surface area contributed by atoms with E-state index in [0.29, 0.717) is 24.4 Å². The smallest absolute Gasteiger partial charge is 0.223 e. The molecule has 1 saturated heterocycles. The maximum Gasteiger partial charge on any atom is 0.223 e. The molecule has 0 saturated carbocycles. The molecule has 4 heteroatoms. The van der Waals surface area contributed by atoms with Crippen LogP contribution in [0.4, 0.5) is 0 Å². The van der Waals surface area contributed by atoms with Crippen LogP contribution in [0.1, 0.15) is 41.6 Å². The Morgan fingerprint density at radius 2 is 1.76 bits per heavy atom. The minimum absolute atomic E-state index is 0.0495. The van der Waals surface area contributed by atoms with Gasteiger partial charge in [-0.3, -0.25) is 9.59 Å². The van der Waals surface area contributed by atoms with E-state index in [1.807, 2.05) is 43.1 Å². The van der Waals surface area contributed by atoms with Crippen LogP contribution in [0.3, 0.4) is 0 Å². The predicted molar refractivity (Wildman–Crippen MR) is 83.4 cm³/mol. The molecule has 1 aromatic carbocycles. The standard InChI is InChI=1S/C17H24N2O2/c1-13-3-5-14(6-4-13)16(20)7-8-17(21)19-11-9-15(18-2)10-12-19/h3-6,15,18H,7-12H2,1-2H3. The summed E-state index contributed by atoms with van der Waals surface area (Å²) in [5, 5.41) is 3.25. The van der Waals surface area contributed by atoms with Crippen LogP contribution in [0.25, 0.3) is 0 Å². The van der Waals surface area contributed by atoms with Crippen molar-refractivity contribution in [2.45, 2.75) is 38.6 Å². The van der Waals surface area contributed by atoms with Crippen molar-refractivity contribution in [3.8, 4) is 0 Å². The van der Waals surface area contributed by atoms with Gasteiger partial charge in [0.15, 0.2) is 5.78 Å². The zero-order chi connectivity index (χ0) is 15.2. The quantitative estimate of drug-likeness (QED) is 0.845. The zero-order valence-electron chi connectivity index (χ0n) is 12.9. The number of benzene rings is 1. The molecule has 1 N–H and O–H groups in total. The van der Waals surface area contributed by atoms with E-state index in [9.17, 15) is 9.59 Å². The number of carbonyl (C=O) groups is 2. The second-order valence-corrected chi connectivity index (χ2v) is 5.73. The highest BCUT2D eigenvalue weighted by molar-refractivity contribution is 5.97. The summed E-state index contributed by atoms with van der Waals surface area (Å²) >= 11 is 0. The molecule has 0 aromatic heterocycles. The number of Topliss-reactive ketones (excluding diaryl/α,β-unsaturated/α-hetero) is 1. The van der Waals surface area contributed by atoms with E-state index in [-0.39, 0.29) is 11.7 Å². The van der Waals surface area contributed by atoms with Gasteiger partial charge in [-0.25, -0.2) is 0 Å². The molecule has 2 rings (SSSR count). The summed E-state index contributed by atoms with van der Waals surface area (Å²) in [4.78, 5) is 26.1. The van der Waals surface area contributed by atoms with Gasteiger partial charge in [-0.05, 0) is 26.8 Å².